The van der Waals surface area contributed by atoms with Crippen LogP contribution < -0.4 is 5.73 Å². The Morgan fingerprint density at radius 1 is 1.33 bits per heavy atom. The van der Waals surface area contributed by atoms with E-state index in [0.717, 1.165) is 25.4 Å². The summed E-state index contributed by atoms with van der Waals surface area (Å²) in [5, 5.41) is 0. The summed E-state index contributed by atoms with van der Waals surface area (Å²) in [4.78, 5) is 2.48. The summed E-state index contributed by atoms with van der Waals surface area (Å²) >= 11 is 0. The summed E-state index contributed by atoms with van der Waals surface area (Å²) in [5.74, 6) is 0.733. The van der Waals surface area contributed by atoms with Crippen molar-refractivity contribution >= 4 is 0 Å². The molecule has 1 heterocycles. The lowest BCUT2D eigenvalue weighted by atomic mass is 10.1. The molecule has 1 aliphatic heterocycles. The first-order valence-corrected chi connectivity index (χ1v) is 6.23. The van der Waals surface area contributed by atoms with Gasteiger partial charge in [-0.2, -0.15) is 0 Å². The molecule has 1 saturated heterocycles. The van der Waals surface area contributed by atoms with Crippen LogP contribution in [0, 0.1) is 5.92 Å². The van der Waals surface area contributed by atoms with Crippen molar-refractivity contribution in [1.82, 2.24) is 4.90 Å². The van der Waals surface area contributed by atoms with Crippen molar-refractivity contribution in [2.45, 2.75) is 45.8 Å². The van der Waals surface area contributed by atoms with Crippen molar-refractivity contribution < 1.29 is 4.74 Å². The fourth-order valence-electron chi connectivity index (χ4n) is 2.22. The van der Waals surface area contributed by atoms with E-state index < -0.39 is 0 Å². The maximum Gasteiger partial charge on any atom is 0.0707 e. The van der Waals surface area contributed by atoms with E-state index in [1.807, 2.05) is 0 Å². The minimum absolute atomic E-state index is 0.313. The van der Waals surface area contributed by atoms with E-state index >= 15 is 0 Å². The molecule has 2 unspecified atom stereocenters. The van der Waals surface area contributed by atoms with Gasteiger partial charge < -0.3 is 15.4 Å². The summed E-state index contributed by atoms with van der Waals surface area (Å²) in [6, 6.07) is 0. The SMILES string of the molecule is CCN(CC(C)C)CC1CCC(CN)O1. The van der Waals surface area contributed by atoms with Gasteiger partial charge in [-0.1, -0.05) is 20.8 Å². The average molecular weight is 214 g/mol. The third kappa shape index (κ3) is 4.49. The lowest BCUT2D eigenvalue weighted by molar-refractivity contribution is 0.0260. The molecular weight excluding hydrogens is 188 g/mol. The molecule has 0 aliphatic carbocycles. The van der Waals surface area contributed by atoms with Gasteiger partial charge in [0.1, 0.15) is 0 Å². The van der Waals surface area contributed by atoms with Crippen LogP contribution in [0.3, 0.4) is 0 Å². The van der Waals surface area contributed by atoms with E-state index in [4.69, 9.17) is 10.5 Å². The normalized spacial score (nSPS) is 26.8. The topological polar surface area (TPSA) is 38.5 Å². The molecule has 90 valence electrons. The molecule has 3 nitrogen and oxygen atoms in total. The highest BCUT2D eigenvalue weighted by atomic mass is 16.5. The molecule has 1 aliphatic rings. The number of nitrogens with zero attached hydrogens (tertiary/aromatic N) is 1. The van der Waals surface area contributed by atoms with Gasteiger partial charge in [-0.15, -0.1) is 0 Å². The molecule has 1 rings (SSSR count). The van der Waals surface area contributed by atoms with Gasteiger partial charge in [-0.25, -0.2) is 0 Å². The third-order valence-corrected chi connectivity index (χ3v) is 2.99. The van der Waals surface area contributed by atoms with Crippen LogP contribution in [0.15, 0.2) is 0 Å². The molecule has 0 aromatic carbocycles. The number of nitrogens with two attached hydrogens (primary N) is 1. The van der Waals surface area contributed by atoms with Crippen LogP contribution in [0.25, 0.3) is 0 Å². The Balaban J connectivity index is 2.27. The van der Waals surface area contributed by atoms with Crippen molar-refractivity contribution in [2.24, 2.45) is 11.7 Å². The number of rotatable bonds is 6. The molecule has 2 N–H and O–H groups in total. The summed E-state index contributed by atoms with van der Waals surface area (Å²) < 4.78 is 5.86. The predicted molar refractivity (Wildman–Crippen MR) is 63.9 cm³/mol. The van der Waals surface area contributed by atoms with Crippen molar-refractivity contribution in [2.75, 3.05) is 26.2 Å². The zero-order valence-corrected chi connectivity index (χ0v) is 10.4. The van der Waals surface area contributed by atoms with Crippen molar-refractivity contribution in [3.05, 3.63) is 0 Å². The molecule has 0 bridgehead atoms. The van der Waals surface area contributed by atoms with E-state index in [9.17, 15) is 0 Å². The molecular formula is C12H26N2O. The number of ether oxygens (including phenoxy) is 1. The third-order valence-electron chi connectivity index (χ3n) is 2.99. The molecule has 0 saturated carbocycles. The number of likely N-dealkylation sites (N-methyl/N-ethyl adjacent to an activating group) is 1. The Bertz CT molecular complexity index is 173. The van der Waals surface area contributed by atoms with Gasteiger partial charge in [0.25, 0.3) is 0 Å². The largest absolute Gasteiger partial charge is 0.372 e. The van der Waals surface area contributed by atoms with Crippen LogP contribution in [0.1, 0.15) is 33.6 Å². The zero-order chi connectivity index (χ0) is 11.3. The second-order valence-corrected chi connectivity index (χ2v) is 4.94. The molecule has 3 heteroatoms. The van der Waals surface area contributed by atoms with Crippen molar-refractivity contribution in [3.63, 3.8) is 0 Å². The highest BCUT2D eigenvalue weighted by molar-refractivity contribution is 4.77. The summed E-state index contributed by atoms with van der Waals surface area (Å²) in [6.45, 7) is 10.8. The van der Waals surface area contributed by atoms with E-state index in [1.165, 1.54) is 13.0 Å². The lowest BCUT2D eigenvalue weighted by Gasteiger charge is -2.25. The maximum absolute atomic E-state index is 5.86. The molecule has 0 radical (unpaired) electrons. The number of hydrogen-bond donors (Lipinski definition) is 1. The zero-order valence-electron chi connectivity index (χ0n) is 10.4. The Morgan fingerprint density at radius 3 is 2.47 bits per heavy atom. The maximum atomic E-state index is 5.86. The molecule has 0 aromatic heterocycles. The van der Waals surface area contributed by atoms with Gasteiger partial charge in [0.15, 0.2) is 0 Å². The van der Waals surface area contributed by atoms with Gasteiger partial charge >= 0.3 is 0 Å². The van der Waals surface area contributed by atoms with E-state index in [1.54, 1.807) is 0 Å². The fourth-order valence-corrected chi connectivity index (χ4v) is 2.22. The molecule has 0 spiro atoms. The lowest BCUT2D eigenvalue weighted by Crippen LogP contribution is -2.35. The van der Waals surface area contributed by atoms with Crippen molar-refractivity contribution in [3.8, 4) is 0 Å². The standard InChI is InChI=1S/C12H26N2O/c1-4-14(8-10(2)3)9-12-6-5-11(7-13)15-12/h10-12H,4-9,13H2,1-3H3. The van der Waals surface area contributed by atoms with Crippen LogP contribution in [0.4, 0.5) is 0 Å². The highest BCUT2D eigenvalue weighted by Crippen LogP contribution is 2.19. The summed E-state index contributed by atoms with van der Waals surface area (Å²) in [7, 11) is 0. The molecule has 0 amide bonds. The molecule has 15 heavy (non-hydrogen) atoms. The van der Waals surface area contributed by atoms with Gasteiger partial charge in [0.05, 0.1) is 12.2 Å². The highest BCUT2D eigenvalue weighted by Gasteiger charge is 2.25. The first-order chi connectivity index (χ1) is 7.15. The van der Waals surface area contributed by atoms with Gasteiger partial charge in [-0.3, -0.25) is 0 Å². The van der Waals surface area contributed by atoms with Crippen LogP contribution >= 0.6 is 0 Å². The minimum atomic E-state index is 0.313. The first-order valence-electron chi connectivity index (χ1n) is 6.23. The average Bonchev–Trinajstić information content (AvgIpc) is 2.64. The Kier molecular flexibility index (Phi) is 5.58. The van der Waals surface area contributed by atoms with E-state index in [2.05, 4.69) is 25.7 Å². The van der Waals surface area contributed by atoms with Crippen molar-refractivity contribution in [1.29, 1.82) is 0 Å². The predicted octanol–water partition coefficient (Wildman–Crippen LogP) is 1.47. The van der Waals surface area contributed by atoms with Crippen LogP contribution in [-0.4, -0.2) is 43.3 Å². The quantitative estimate of drug-likeness (QED) is 0.727. The van der Waals surface area contributed by atoms with Crippen LogP contribution in [0.5, 0.6) is 0 Å². The molecule has 2 atom stereocenters. The van der Waals surface area contributed by atoms with Crippen LogP contribution in [0.2, 0.25) is 0 Å². The second-order valence-electron chi connectivity index (χ2n) is 4.94. The number of hydrogen-bond acceptors (Lipinski definition) is 3. The van der Waals surface area contributed by atoms with Gasteiger partial charge in [0, 0.05) is 19.6 Å². The summed E-state index contributed by atoms with van der Waals surface area (Å²) in [6.07, 6.45) is 3.04. The molecule has 1 fully saturated rings. The summed E-state index contributed by atoms with van der Waals surface area (Å²) in [5.41, 5.74) is 5.60. The second kappa shape index (κ2) is 6.46. The minimum Gasteiger partial charge on any atom is -0.372 e. The van der Waals surface area contributed by atoms with Gasteiger partial charge in [-0.05, 0) is 25.3 Å². The molecule has 0 aromatic rings. The first kappa shape index (κ1) is 12.9. The Labute approximate surface area is 94.0 Å². The van der Waals surface area contributed by atoms with E-state index in [0.29, 0.717) is 18.8 Å². The van der Waals surface area contributed by atoms with Gasteiger partial charge in [0.2, 0.25) is 0 Å². The smallest absolute Gasteiger partial charge is 0.0707 e. The van der Waals surface area contributed by atoms with E-state index in [-0.39, 0.29) is 0 Å². The monoisotopic (exact) mass is 214 g/mol. The Morgan fingerprint density at radius 2 is 2.00 bits per heavy atom. The van der Waals surface area contributed by atoms with Crippen LogP contribution in [-0.2, 0) is 4.74 Å². The Hall–Kier alpha value is -0.120. The fraction of sp³-hybridized carbons (Fsp3) is 1.00.